The first-order valence-electron chi connectivity index (χ1n) is 10.9. The number of thioether (sulfide) groups is 1. The lowest BCUT2D eigenvalue weighted by atomic mass is 10.0. The summed E-state index contributed by atoms with van der Waals surface area (Å²) in [6.45, 7) is 2.83. The Hall–Kier alpha value is -3.91. The molecule has 3 aromatic carbocycles. The maximum absolute atomic E-state index is 12.8. The number of benzene rings is 3. The molecule has 1 aromatic heterocycles. The standard InChI is InChI=1S/C26H22N4O3S/c1-17(25(31)27-20-12-13-21-22(16-20)33-15-14-32-21)34-26-28-23(18-8-4-2-5-9-18)24(29-30-26)19-10-6-3-7-11-19/h2-13,16-17H,14-15H2,1H3,(H,27,31)/t17-/m0/s1. The van der Waals surface area contributed by atoms with Crippen LogP contribution in [0.1, 0.15) is 6.92 Å². The molecule has 0 radical (unpaired) electrons. The van der Waals surface area contributed by atoms with Gasteiger partial charge < -0.3 is 14.8 Å². The highest BCUT2D eigenvalue weighted by Gasteiger charge is 2.20. The van der Waals surface area contributed by atoms with Gasteiger partial charge in [-0.05, 0) is 19.1 Å². The third-order valence-electron chi connectivity index (χ3n) is 5.22. The molecule has 1 amide bonds. The van der Waals surface area contributed by atoms with E-state index in [2.05, 4.69) is 15.5 Å². The number of carbonyl (C=O) groups excluding carboxylic acids is 1. The second kappa shape index (κ2) is 9.93. The summed E-state index contributed by atoms with van der Waals surface area (Å²) in [6, 6.07) is 25.0. The zero-order valence-electron chi connectivity index (χ0n) is 18.5. The van der Waals surface area contributed by atoms with E-state index in [1.165, 1.54) is 11.8 Å². The van der Waals surface area contributed by atoms with E-state index in [0.29, 0.717) is 41.3 Å². The third kappa shape index (κ3) is 4.87. The molecule has 0 saturated carbocycles. The van der Waals surface area contributed by atoms with E-state index in [1.54, 1.807) is 18.2 Å². The van der Waals surface area contributed by atoms with Gasteiger partial charge in [-0.15, -0.1) is 10.2 Å². The highest BCUT2D eigenvalue weighted by molar-refractivity contribution is 8.00. The summed E-state index contributed by atoms with van der Waals surface area (Å²) in [6.07, 6.45) is 0. The van der Waals surface area contributed by atoms with Crippen LogP contribution in [0.25, 0.3) is 22.5 Å². The molecule has 0 spiro atoms. The molecule has 5 rings (SSSR count). The number of hydrogen-bond donors (Lipinski definition) is 1. The molecule has 0 unspecified atom stereocenters. The van der Waals surface area contributed by atoms with Gasteiger partial charge in [-0.2, -0.15) is 0 Å². The van der Waals surface area contributed by atoms with E-state index < -0.39 is 5.25 Å². The molecule has 0 aliphatic carbocycles. The van der Waals surface area contributed by atoms with Crippen molar-refractivity contribution in [2.75, 3.05) is 18.5 Å². The lowest BCUT2D eigenvalue weighted by Crippen LogP contribution is -2.23. The number of nitrogens with one attached hydrogen (secondary N) is 1. The van der Waals surface area contributed by atoms with Crippen LogP contribution in [0.15, 0.2) is 84.0 Å². The number of hydrogen-bond acceptors (Lipinski definition) is 7. The van der Waals surface area contributed by atoms with Crippen molar-refractivity contribution in [1.29, 1.82) is 0 Å². The van der Waals surface area contributed by atoms with Crippen LogP contribution in [0.3, 0.4) is 0 Å². The van der Waals surface area contributed by atoms with Gasteiger partial charge in [-0.25, -0.2) is 4.98 Å². The summed E-state index contributed by atoms with van der Waals surface area (Å²) in [5.74, 6) is 1.14. The lowest BCUT2D eigenvalue weighted by Gasteiger charge is -2.19. The molecular formula is C26H22N4O3S. The van der Waals surface area contributed by atoms with E-state index in [-0.39, 0.29) is 5.91 Å². The van der Waals surface area contributed by atoms with Gasteiger partial charge in [0.1, 0.15) is 24.6 Å². The fourth-order valence-electron chi connectivity index (χ4n) is 3.53. The second-order valence-electron chi connectivity index (χ2n) is 7.63. The smallest absolute Gasteiger partial charge is 0.237 e. The molecule has 1 aliphatic heterocycles. The molecule has 1 N–H and O–H groups in total. The largest absolute Gasteiger partial charge is 0.486 e. The summed E-state index contributed by atoms with van der Waals surface area (Å²) in [7, 11) is 0. The Kier molecular flexibility index (Phi) is 6.40. The van der Waals surface area contributed by atoms with Crippen molar-refractivity contribution in [2.45, 2.75) is 17.3 Å². The Balaban J connectivity index is 1.36. The predicted molar refractivity (Wildman–Crippen MR) is 132 cm³/mol. The van der Waals surface area contributed by atoms with Gasteiger partial charge in [0.2, 0.25) is 11.1 Å². The van der Waals surface area contributed by atoms with Gasteiger partial charge in [-0.3, -0.25) is 4.79 Å². The van der Waals surface area contributed by atoms with Crippen LogP contribution in [-0.4, -0.2) is 39.6 Å². The minimum absolute atomic E-state index is 0.168. The number of rotatable bonds is 6. The molecule has 7 nitrogen and oxygen atoms in total. The van der Waals surface area contributed by atoms with E-state index in [1.807, 2.05) is 67.6 Å². The maximum Gasteiger partial charge on any atom is 0.237 e. The Labute approximate surface area is 201 Å². The molecule has 0 bridgehead atoms. The van der Waals surface area contributed by atoms with Crippen molar-refractivity contribution in [3.05, 3.63) is 78.9 Å². The van der Waals surface area contributed by atoms with Crippen molar-refractivity contribution < 1.29 is 14.3 Å². The molecule has 0 fully saturated rings. The fraction of sp³-hybridized carbons (Fsp3) is 0.154. The van der Waals surface area contributed by atoms with Gasteiger partial charge in [0.15, 0.2) is 11.5 Å². The lowest BCUT2D eigenvalue weighted by molar-refractivity contribution is -0.115. The summed E-state index contributed by atoms with van der Waals surface area (Å²) >= 11 is 1.26. The summed E-state index contributed by atoms with van der Waals surface area (Å²) in [5, 5.41) is 11.7. The summed E-state index contributed by atoms with van der Waals surface area (Å²) in [4.78, 5) is 17.6. The number of fused-ring (bicyclic) bond motifs is 1. The monoisotopic (exact) mass is 470 g/mol. The fourth-order valence-corrected chi connectivity index (χ4v) is 4.24. The van der Waals surface area contributed by atoms with Gasteiger partial charge in [0.05, 0.1) is 5.25 Å². The van der Waals surface area contributed by atoms with Crippen molar-refractivity contribution in [2.24, 2.45) is 0 Å². The number of carbonyl (C=O) groups is 1. The van der Waals surface area contributed by atoms with Gasteiger partial charge in [0, 0.05) is 22.9 Å². The van der Waals surface area contributed by atoms with Gasteiger partial charge in [0.25, 0.3) is 0 Å². The third-order valence-corrected chi connectivity index (χ3v) is 6.17. The normalized spacial score (nSPS) is 13.2. The first-order chi connectivity index (χ1) is 16.7. The van der Waals surface area contributed by atoms with Crippen molar-refractivity contribution >= 4 is 23.4 Å². The highest BCUT2D eigenvalue weighted by atomic mass is 32.2. The van der Waals surface area contributed by atoms with E-state index in [0.717, 1.165) is 16.8 Å². The van der Waals surface area contributed by atoms with Crippen LogP contribution in [0, 0.1) is 0 Å². The van der Waals surface area contributed by atoms with Gasteiger partial charge in [-0.1, -0.05) is 72.4 Å². The second-order valence-corrected chi connectivity index (χ2v) is 8.94. The summed E-state index contributed by atoms with van der Waals surface area (Å²) in [5.41, 5.74) is 3.94. The van der Waals surface area contributed by atoms with E-state index in [4.69, 9.17) is 14.5 Å². The highest BCUT2D eigenvalue weighted by Crippen LogP contribution is 2.34. The van der Waals surface area contributed by atoms with Crippen LogP contribution in [0.2, 0.25) is 0 Å². The number of aromatic nitrogens is 3. The average molecular weight is 471 g/mol. The molecule has 1 atom stereocenters. The van der Waals surface area contributed by atoms with E-state index in [9.17, 15) is 4.79 Å². The Bertz CT molecular complexity index is 1300. The van der Waals surface area contributed by atoms with E-state index >= 15 is 0 Å². The minimum atomic E-state index is -0.443. The SMILES string of the molecule is C[C@H](Sc1nnc(-c2ccccc2)c(-c2ccccc2)n1)C(=O)Nc1ccc2c(c1)OCCO2. The maximum atomic E-state index is 12.8. The predicted octanol–water partition coefficient (Wildman–Crippen LogP) is 5.10. The Morgan fingerprint density at radius 3 is 2.21 bits per heavy atom. The van der Waals surface area contributed by atoms with Crippen LogP contribution < -0.4 is 14.8 Å². The molecule has 34 heavy (non-hydrogen) atoms. The molecule has 8 heteroatoms. The number of anilines is 1. The average Bonchev–Trinajstić information content (AvgIpc) is 2.89. The zero-order valence-corrected chi connectivity index (χ0v) is 19.3. The number of ether oxygens (including phenoxy) is 2. The molecule has 1 aliphatic rings. The first-order valence-corrected chi connectivity index (χ1v) is 11.8. The molecule has 170 valence electrons. The topological polar surface area (TPSA) is 86.2 Å². The van der Waals surface area contributed by atoms with Crippen LogP contribution in [0.5, 0.6) is 11.5 Å². The van der Waals surface area contributed by atoms with Crippen LogP contribution in [-0.2, 0) is 4.79 Å². The molecule has 0 saturated heterocycles. The quantitative estimate of drug-likeness (QED) is 0.393. The van der Waals surface area contributed by atoms with Crippen LogP contribution >= 0.6 is 11.8 Å². The zero-order chi connectivity index (χ0) is 23.3. The van der Waals surface area contributed by atoms with Crippen molar-refractivity contribution in [3.8, 4) is 34.0 Å². The van der Waals surface area contributed by atoms with Crippen molar-refractivity contribution in [1.82, 2.24) is 15.2 Å². The Morgan fingerprint density at radius 1 is 0.853 bits per heavy atom. The Morgan fingerprint density at radius 2 is 1.50 bits per heavy atom. The number of nitrogens with zero attached hydrogens (tertiary/aromatic N) is 3. The van der Waals surface area contributed by atoms with Crippen molar-refractivity contribution in [3.63, 3.8) is 0 Å². The number of amides is 1. The summed E-state index contributed by atoms with van der Waals surface area (Å²) < 4.78 is 11.1. The molecule has 4 aromatic rings. The molecule has 2 heterocycles. The minimum Gasteiger partial charge on any atom is -0.486 e. The van der Waals surface area contributed by atoms with Crippen LogP contribution in [0.4, 0.5) is 5.69 Å². The molecular weight excluding hydrogens is 448 g/mol. The van der Waals surface area contributed by atoms with Gasteiger partial charge >= 0.3 is 0 Å². The first kappa shape index (κ1) is 21.9.